The predicted octanol–water partition coefficient (Wildman–Crippen LogP) is 3.27. The van der Waals surface area contributed by atoms with Crippen molar-refractivity contribution in [2.75, 3.05) is 0 Å². The van der Waals surface area contributed by atoms with Crippen LogP contribution < -0.4 is 0 Å². The highest BCUT2D eigenvalue weighted by Gasteiger charge is 2.64. The molecule has 0 N–H and O–H groups in total. The largest absolute Gasteiger partial charge is 0.0879 e. The van der Waals surface area contributed by atoms with Crippen LogP contribution in [-0.4, -0.2) is 0 Å². The SMILES string of the molecule is C1=CC2C3C[C@@H](C2C1)C1C3[C@@H]2C=C[C@H]1C2. The molecule has 0 amide bonds. The number of fused-ring (bicyclic) bond motifs is 12. The normalized spacial score (nSPS) is 66.7. The molecule has 8 atom stereocenters. The number of hydrogen-bond acceptors (Lipinski definition) is 0. The lowest BCUT2D eigenvalue weighted by atomic mass is 9.66. The monoisotopic (exact) mass is 198 g/mol. The second kappa shape index (κ2) is 2.26. The second-order valence-electron chi connectivity index (χ2n) is 6.57. The van der Waals surface area contributed by atoms with Crippen LogP contribution >= 0.6 is 0 Å². The first-order chi connectivity index (χ1) is 7.43. The summed E-state index contributed by atoms with van der Waals surface area (Å²) in [7, 11) is 0. The Hall–Kier alpha value is -0.520. The van der Waals surface area contributed by atoms with E-state index in [2.05, 4.69) is 24.3 Å². The van der Waals surface area contributed by atoms with Crippen molar-refractivity contribution in [3.05, 3.63) is 24.3 Å². The van der Waals surface area contributed by atoms with Gasteiger partial charge in [-0.15, -0.1) is 0 Å². The molecule has 0 nitrogen and oxygen atoms in total. The third-order valence-electron chi connectivity index (χ3n) is 6.42. The van der Waals surface area contributed by atoms with E-state index < -0.39 is 0 Å². The van der Waals surface area contributed by atoms with E-state index in [1.807, 2.05) is 0 Å². The molecule has 5 unspecified atom stereocenters. The average molecular weight is 198 g/mol. The molecule has 0 saturated heterocycles. The van der Waals surface area contributed by atoms with Crippen molar-refractivity contribution in [1.82, 2.24) is 0 Å². The van der Waals surface area contributed by atoms with Gasteiger partial charge >= 0.3 is 0 Å². The fourth-order valence-corrected chi connectivity index (χ4v) is 6.22. The number of allylic oxidation sites excluding steroid dienone is 4. The Morgan fingerprint density at radius 2 is 1.53 bits per heavy atom. The summed E-state index contributed by atoms with van der Waals surface area (Å²) in [6, 6.07) is 0. The third kappa shape index (κ3) is 0.697. The Labute approximate surface area is 91.4 Å². The van der Waals surface area contributed by atoms with E-state index in [0.29, 0.717) is 0 Å². The molecule has 5 aliphatic carbocycles. The molecule has 3 fully saturated rings. The maximum atomic E-state index is 2.57. The highest BCUT2D eigenvalue weighted by molar-refractivity contribution is 5.25. The average Bonchev–Trinajstić information content (AvgIpc) is 3.03. The van der Waals surface area contributed by atoms with Crippen LogP contribution in [0.15, 0.2) is 24.3 Å². The molecule has 0 radical (unpaired) electrons. The van der Waals surface area contributed by atoms with Gasteiger partial charge in [-0.05, 0) is 66.6 Å². The molecule has 3 saturated carbocycles. The van der Waals surface area contributed by atoms with Crippen molar-refractivity contribution in [3.8, 4) is 0 Å². The molecule has 5 aliphatic rings. The lowest BCUT2D eigenvalue weighted by molar-refractivity contribution is 0.121. The molecule has 0 aromatic heterocycles. The lowest BCUT2D eigenvalue weighted by Gasteiger charge is -2.38. The van der Waals surface area contributed by atoms with Crippen molar-refractivity contribution < 1.29 is 0 Å². The second-order valence-corrected chi connectivity index (χ2v) is 6.57. The van der Waals surface area contributed by atoms with E-state index in [0.717, 1.165) is 47.3 Å². The maximum absolute atomic E-state index is 2.57. The molecule has 0 heteroatoms. The number of hydrogen-bond donors (Lipinski definition) is 0. The van der Waals surface area contributed by atoms with Crippen LogP contribution in [0.25, 0.3) is 0 Å². The van der Waals surface area contributed by atoms with Crippen molar-refractivity contribution >= 4 is 0 Å². The van der Waals surface area contributed by atoms with Crippen molar-refractivity contribution in [3.63, 3.8) is 0 Å². The van der Waals surface area contributed by atoms with Gasteiger partial charge in [0, 0.05) is 0 Å². The van der Waals surface area contributed by atoms with E-state index in [9.17, 15) is 0 Å². The molecule has 15 heavy (non-hydrogen) atoms. The molecule has 0 heterocycles. The standard InChI is InChI=1S/C15H18/c1-2-10-11(3-1)13-7-12(10)14-8-4-5-9(6-8)15(13)14/h1-2,4-5,8-15H,3,6-7H2/t8-,9+,10?,11?,12?,13+,14?,15?/m1/s1. The van der Waals surface area contributed by atoms with Crippen LogP contribution in [0.1, 0.15) is 19.3 Å². The molecule has 4 bridgehead atoms. The van der Waals surface area contributed by atoms with Crippen LogP contribution in [0.5, 0.6) is 0 Å². The fourth-order valence-electron chi connectivity index (χ4n) is 6.22. The summed E-state index contributed by atoms with van der Waals surface area (Å²) in [5.74, 6) is 8.48. The highest BCUT2D eigenvalue weighted by Crippen LogP contribution is 2.70. The summed E-state index contributed by atoms with van der Waals surface area (Å²) >= 11 is 0. The van der Waals surface area contributed by atoms with Gasteiger partial charge in [0.25, 0.3) is 0 Å². The van der Waals surface area contributed by atoms with Gasteiger partial charge in [0.15, 0.2) is 0 Å². The van der Waals surface area contributed by atoms with E-state index >= 15 is 0 Å². The quantitative estimate of drug-likeness (QED) is 0.414. The minimum absolute atomic E-state index is 0.991. The minimum atomic E-state index is 0.991. The molecular weight excluding hydrogens is 180 g/mol. The lowest BCUT2D eigenvalue weighted by Crippen LogP contribution is -2.34. The third-order valence-corrected chi connectivity index (χ3v) is 6.42. The summed E-state index contributed by atoms with van der Waals surface area (Å²) in [4.78, 5) is 0. The predicted molar refractivity (Wildman–Crippen MR) is 60.1 cm³/mol. The summed E-state index contributed by atoms with van der Waals surface area (Å²) < 4.78 is 0. The van der Waals surface area contributed by atoms with Crippen molar-refractivity contribution in [2.45, 2.75) is 19.3 Å². The molecule has 0 aromatic carbocycles. The highest BCUT2D eigenvalue weighted by atomic mass is 14.7. The van der Waals surface area contributed by atoms with Gasteiger partial charge in [-0.1, -0.05) is 24.3 Å². The summed E-state index contributed by atoms with van der Waals surface area (Å²) in [6.07, 6.45) is 14.7. The van der Waals surface area contributed by atoms with Crippen molar-refractivity contribution in [1.29, 1.82) is 0 Å². The van der Waals surface area contributed by atoms with Crippen LogP contribution in [0.2, 0.25) is 0 Å². The molecule has 78 valence electrons. The van der Waals surface area contributed by atoms with Gasteiger partial charge in [0.1, 0.15) is 0 Å². The zero-order chi connectivity index (χ0) is 9.57. The first kappa shape index (κ1) is 7.70. The molecule has 0 aromatic rings. The van der Waals surface area contributed by atoms with E-state index in [-0.39, 0.29) is 0 Å². The minimum Gasteiger partial charge on any atom is -0.0879 e. The summed E-state index contributed by atoms with van der Waals surface area (Å²) in [6.45, 7) is 0. The molecule has 0 spiro atoms. The molecule has 0 aliphatic heterocycles. The fraction of sp³-hybridized carbons (Fsp3) is 0.733. The van der Waals surface area contributed by atoms with Gasteiger partial charge < -0.3 is 0 Å². The van der Waals surface area contributed by atoms with E-state index in [1.54, 1.807) is 6.42 Å². The smallest absolute Gasteiger partial charge is 0.0168 e. The Balaban J connectivity index is 1.63. The summed E-state index contributed by atoms with van der Waals surface area (Å²) in [5, 5.41) is 0. The molecule has 5 rings (SSSR count). The molecular formula is C15H18. The topological polar surface area (TPSA) is 0 Å². The first-order valence-electron chi connectivity index (χ1n) is 6.78. The summed E-state index contributed by atoms with van der Waals surface area (Å²) in [5.41, 5.74) is 0. The van der Waals surface area contributed by atoms with E-state index in [4.69, 9.17) is 0 Å². The maximum Gasteiger partial charge on any atom is -0.0168 e. The van der Waals surface area contributed by atoms with E-state index in [1.165, 1.54) is 12.8 Å². The van der Waals surface area contributed by atoms with Crippen LogP contribution in [0, 0.1) is 47.3 Å². The van der Waals surface area contributed by atoms with Gasteiger partial charge in [-0.25, -0.2) is 0 Å². The zero-order valence-corrected chi connectivity index (χ0v) is 9.05. The van der Waals surface area contributed by atoms with Crippen molar-refractivity contribution in [2.24, 2.45) is 47.3 Å². The van der Waals surface area contributed by atoms with Gasteiger partial charge in [0.2, 0.25) is 0 Å². The number of rotatable bonds is 0. The van der Waals surface area contributed by atoms with Crippen LogP contribution in [0.3, 0.4) is 0 Å². The zero-order valence-electron chi connectivity index (χ0n) is 9.05. The van der Waals surface area contributed by atoms with Crippen LogP contribution in [-0.2, 0) is 0 Å². The van der Waals surface area contributed by atoms with Gasteiger partial charge in [-0.2, -0.15) is 0 Å². The Morgan fingerprint density at radius 3 is 2.40 bits per heavy atom. The Kier molecular flexibility index (Phi) is 1.16. The first-order valence-corrected chi connectivity index (χ1v) is 6.78. The van der Waals surface area contributed by atoms with Gasteiger partial charge in [0.05, 0.1) is 0 Å². The van der Waals surface area contributed by atoms with Crippen LogP contribution in [0.4, 0.5) is 0 Å². The Morgan fingerprint density at radius 1 is 0.733 bits per heavy atom. The Bertz CT molecular complexity index is 377. The van der Waals surface area contributed by atoms with Gasteiger partial charge in [-0.3, -0.25) is 0 Å².